The molecule has 2 rings (SSSR count). The van der Waals surface area contributed by atoms with Gasteiger partial charge in [0.15, 0.2) is 0 Å². The Morgan fingerprint density at radius 3 is 2.90 bits per heavy atom. The van der Waals surface area contributed by atoms with Gasteiger partial charge in [-0.25, -0.2) is 0 Å². The highest BCUT2D eigenvalue weighted by atomic mass is 35.5. The predicted molar refractivity (Wildman–Crippen MR) is 83.2 cm³/mol. The first-order chi connectivity index (χ1) is 9.65. The van der Waals surface area contributed by atoms with E-state index in [9.17, 15) is 4.79 Å². The number of hydrogen-bond donors (Lipinski definition) is 2. The summed E-state index contributed by atoms with van der Waals surface area (Å²) in [7, 11) is 3.61. The molecule has 5 heteroatoms. The summed E-state index contributed by atoms with van der Waals surface area (Å²) in [6.07, 6.45) is 1.97. The van der Waals surface area contributed by atoms with Gasteiger partial charge in [-0.05, 0) is 37.6 Å². The van der Waals surface area contributed by atoms with Crippen LogP contribution in [-0.4, -0.2) is 33.1 Å². The zero-order chi connectivity index (χ0) is 14.5. The highest BCUT2D eigenvalue weighted by Gasteiger charge is 2.26. The van der Waals surface area contributed by atoms with Crippen molar-refractivity contribution in [3.05, 3.63) is 28.8 Å². The van der Waals surface area contributed by atoms with Crippen LogP contribution in [0.25, 0.3) is 0 Å². The van der Waals surface area contributed by atoms with Crippen LogP contribution in [0.5, 0.6) is 0 Å². The molecule has 0 saturated carbocycles. The summed E-state index contributed by atoms with van der Waals surface area (Å²) in [4.78, 5) is 14.0. The lowest BCUT2D eigenvalue weighted by atomic mass is 9.96. The molecule has 1 unspecified atom stereocenters. The quantitative estimate of drug-likeness (QED) is 0.893. The van der Waals surface area contributed by atoms with Crippen LogP contribution in [0.3, 0.4) is 0 Å². The Labute approximate surface area is 125 Å². The van der Waals surface area contributed by atoms with Crippen LogP contribution in [0, 0.1) is 5.92 Å². The SMILES string of the molecule is CNCc1ccc(N2CCCC(C(=O)NC)C2)c(Cl)c1. The maximum Gasteiger partial charge on any atom is 0.224 e. The second-order valence-electron chi connectivity index (χ2n) is 5.22. The zero-order valence-electron chi connectivity index (χ0n) is 12.1. The summed E-state index contributed by atoms with van der Waals surface area (Å²) in [6, 6.07) is 6.14. The van der Waals surface area contributed by atoms with Crippen LogP contribution in [0.2, 0.25) is 5.02 Å². The van der Waals surface area contributed by atoms with Crippen LogP contribution < -0.4 is 15.5 Å². The van der Waals surface area contributed by atoms with Gasteiger partial charge in [0, 0.05) is 26.7 Å². The molecule has 1 aromatic rings. The molecule has 1 aliphatic heterocycles. The fraction of sp³-hybridized carbons (Fsp3) is 0.533. The van der Waals surface area contributed by atoms with Crippen molar-refractivity contribution >= 4 is 23.2 Å². The van der Waals surface area contributed by atoms with Crippen molar-refractivity contribution < 1.29 is 4.79 Å². The van der Waals surface area contributed by atoms with Crippen LogP contribution in [-0.2, 0) is 11.3 Å². The number of nitrogens with one attached hydrogen (secondary N) is 2. The summed E-state index contributed by atoms with van der Waals surface area (Å²) in [5, 5.41) is 6.61. The van der Waals surface area contributed by atoms with Crippen LogP contribution in [0.4, 0.5) is 5.69 Å². The standard InChI is InChI=1S/C15H22ClN3O/c1-17-9-11-5-6-14(13(16)8-11)19-7-3-4-12(10-19)15(20)18-2/h5-6,8,12,17H,3-4,7,9-10H2,1-2H3,(H,18,20). The van der Waals surface area contributed by atoms with Crippen LogP contribution >= 0.6 is 11.6 Å². The van der Waals surface area contributed by atoms with Gasteiger partial charge in [0.2, 0.25) is 5.91 Å². The van der Waals surface area contributed by atoms with E-state index in [1.807, 2.05) is 13.1 Å². The molecular formula is C15H22ClN3O. The molecule has 1 saturated heterocycles. The smallest absolute Gasteiger partial charge is 0.224 e. The predicted octanol–water partition coefficient (Wildman–Crippen LogP) is 2.02. The van der Waals surface area contributed by atoms with Gasteiger partial charge < -0.3 is 15.5 Å². The lowest BCUT2D eigenvalue weighted by Crippen LogP contribution is -2.42. The first-order valence-electron chi connectivity index (χ1n) is 7.05. The molecule has 0 radical (unpaired) electrons. The Balaban J connectivity index is 2.12. The van der Waals surface area contributed by atoms with Gasteiger partial charge in [-0.15, -0.1) is 0 Å². The molecule has 0 spiro atoms. The number of benzene rings is 1. The Kier molecular flexibility index (Phi) is 5.26. The maximum absolute atomic E-state index is 11.8. The Morgan fingerprint density at radius 1 is 1.45 bits per heavy atom. The molecule has 1 heterocycles. The van der Waals surface area contributed by atoms with Gasteiger partial charge in [0.1, 0.15) is 0 Å². The van der Waals surface area contributed by atoms with Crippen molar-refractivity contribution in [1.82, 2.24) is 10.6 Å². The van der Waals surface area contributed by atoms with E-state index in [0.29, 0.717) is 0 Å². The third-order valence-electron chi connectivity index (χ3n) is 3.77. The fourth-order valence-corrected chi connectivity index (χ4v) is 3.06. The van der Waals surface area contributed by atoms with E-state index in [0.717, 1.165) is 43.2 Å². The minimum atomic E-state index is 0.0572. The third kappa shape index (κ3) is 3.44. The number of carbonyl (C=O) groups excluding carboxylic acids is 1. The van der Waals surface area contributed by atoms with Crippen molar-refractivity contribution in [1.29, 1.82) is 0 Å². The largest absolute Gasteiger partial charge is 0.370 e. The molecule has 0 bridgehead atoms. The van der Waals surface area contributed by atoms with Crippen molar-refractivity contribution in [2.24, 2.45) is 5.92 Å². The molecule has 0 aromatic heterocycles. The second-order valence-corrected chi connectivity index (χ2v) is 5.62. The van der Waals surface area contributed by atoms with E-state index < -0.39 is 0 Å². The molecule has 110 valence electrons. The highest BCUT2D eigenvalue weighted by molar-refractivity contribution is 6.33. The van der Waals surface area contributed by atoms with Crippen molar-refractivity contribution in [2.75, 3.05) is 32.1 Å². The average Bonchev–Trinajstić information content (AvgIpc) is 2.47. The zero-order valence-corrected chi connectivity index (χ0v) is 12.8. The topological polar surface area (TPSA) is 44.4 Å². The number of nitrogens with zero attached hydrogens (tertiary/aromatic N) is 1. The number of halogens is 1. The van der Waals surface area contributed by atoms with E-state index in [4.69, 9.17) is 11.6 Å². The number of hydrogen-bond acceptors (Lipinski definition) is 3. The summed E-state index contributed by atoms with van der Waals surface area (Å²) in [5.41, 5.74) is 2.20. The molecule has 0 aliphatic carbocycles. The Hall–Kier alpha value is -1.26. The lowest BCUT2D eigenvalue weighted by molar-refractivity contribution is -0.124. The molecule has 1 amide bonds. The van der Waals surface area contributed by atoms with Crippen molar-refractivity contribution in [3.8, 4) is 0 Å². The summed E-state index contributed by atoms with van der Waals surface area (Å²) in [5.74, 6) is 0.180. The minimum absolute atomic E-state index is 0.0572. The number of rotatable bonds is 4. The third-order valence-corrected chi connectivity index (χ3v) is 4.07. The van der Waals surface area contributed by atoms with E-state index in [1.54, 1.807) is 7.05 Å². The minimum Gasteiger partial charge on any atom is -0.370 e. The van der Waals surface area contributed by atoms with Gasteiger partial charge in [-0.2, -0.15) is 0 Å². The molecule has 1 fully saturated rings. The van der Waals surface area contributed by atoms with E-state index >= 15 is 0 Å². The van der Waals surface area contributed by atoms with Gasteiger partial charge in [-0.1, -0.05) is 17.7 Å². The molecule has 2 N–H and O–H groups in total. The summed E-state index contributed by atoms with van der Waals surface area (Å²) in [6.45, 7) is 2.50. The van der Waals surface area contributed by atoms with Gasteiger partial charge in [0.05, 0.1) is 16.6 Å². The van der Waals surface area contributed by atoms with Gasteiger partial charge >= 0.3 is 0 Å². The van der Waals surface area contributed by atoms with E-state index in [1.165, 1.54) is 5.56 Å². The second kappa shape index (κ2) is 6.95. The molecule has 20 heavy (non-hydrogen) atoms. The molecular weight excluding hydrogens is 274 g/mol. The van der Waals surface area contributed by atoms with Crippen molar-refractivity contribution in [2.45, 2.75) is 19.4 Å². The van der Waals surface area contributed by atoms with E-state index in [2.05, 4.69) is 27.7 Å². The number of piperidine rings is 1. The van der Waals surface area contributed by atoms with Gasteiger partial charge in [-0.3, -0.25) is 4.79 Å². The number of anilines is 1. The first-order valence-corrected chi connectivity index (χ1v) is 7.43. The lowest BCUT2D eigenvalue weighted by Gasteiger charge is -2.34. The number of amides is 1. The van der Waals surface area contributed by atoms with Crippen molar-refractivity contribution in [3.63, 3.8) is 0 Å². The molecule has 4 nitrogen and oxygen atoms in total. The van der Waals surface area contributed by atoms with Crippen LogP contribution in [0.15, 0.2) is 18.2 Å². The molecule has 1 aliphatic rings. The summed E-state index contributed by atoms with van der Waals surface area (Å²) >= 11 is 6.39. The average molecular weight is 296 g/mol. The molecule has 1 aromatic carbocycles. The molecule has 1 atom stereocenters. The Bertz CT molecular complexity index is 478. The normalized spacial score (nSPS) is 18.9. The van der Waals surface area contributed by atoms with Gasteiger partial charge in [0.25, 0.3) is 0 Å². The van der Waals surface area contributed by atoms with Crippen LogP contribution in [0.1, 0.15) is 18.4 Å². The number of carbonyl (C=O) groups is 1. The Morgan fingerprint density at radius 2 is 2.25 bits per heavy atom. The van der Waals surface area contributed by atoms with E-state index in [-0.39, 0.29) is 11.8 Å². The maximum atomic E-state index is 11.8. The summed E-state index contributed by atoms with van der Waals surface area (Å²) < 4.78 is 0. The highest BCUT2D eigenvalue weighted by Crippen LogP contribution is 2.30. The monoisotopic (exact) mass is 295 g/mol. The first kappa shape index (κ1) is 15.1. The fourth-order valence-electron chi connectivity index (χ4n) is 2.74.